The van der Waals surface area contributed by atoms with E-state index in [1.807, 2.05) is 24.3 Å². The number of nitrogens with zero attached hydrogens (tertiary/aromatic N) is 2. The van der Waals surface area contributed by atoms with Crippen LogP contribution in [-0.4, -0.2) is 46.7 Å². The highest BCUT2D eigenvalue weighted by molar-refractivity contribution is 7.99. The van der Waals surface area contributed by atoms with E-state index in [0.29, 0.717) is 10.8 Å². The first-order valence-electron chi connectivity index (χ1n) is 8.10. The minimum atomic E-state index is -0.750. The second-order valence-electron chi connectivity index (χ2n) is 5.75. The van der Waals surface area contributed by atoms with Crippen LogP contribution in [0.3, 0.4) is 0 Å². The largest absolute Gasteiger partial charge is 0.452 e. The topological polar surface area (TPSA) is 72.6 Å². The Morgan fingerprint density at radius 1 is 1.29 bits per heavy atom. The van der Waals surface area contributed by atoms with Crippen LogP contribution in [0, 0.1) is 0 Å². The van der Waals surface area contributed by atoms with E-state index < -0.39 is 12.1 Å². The van der Waals surface area contributed by atoms with E-state index in [9.17, 15) is 9.59 Å². The van der Waals surface area contributed by atoms with Crippen molar-refractivity contribution in [2.45, 2.75) is 37.5 Å². The molecule has 0 N–H and O–H groups in total. The summed E-state index contributed by atoms with van der Waals surface area (Å²) in [6.45, 7) is 3.12. The molecular weight excluding hydrogens is 328 g/mol. The number of ether oxygens (including phenoxy) is 1. The fourth-order valence-electron chi connectivity index (χ4n) is 2.69. The summed E-state index contributed by atoms with van der Waals surface area (Å²) in [5.41, 5.74) is 1.43. The van der Waals surface area contributed by atoms with Crippen LogP contribution in [0.2, 0.25) is 0 Å². The number of benzene rings is 1. The highest BCUT2D eigenvalue weighted by Gasteiger charge is 2.25. The zero-order valence-corrected chi connectivity index (χ0v) is 14.4. The number of esters is 1. The maximum Gasteiger partial charge on any atom is 0.317 e. The molecule has 1 amide bonds. The van der Waals surface area contributed by atoms with Gasteiger partial charge in [0.2, 0.25) is 0 Å². The van der Waals surface area contributed by atoms with Crippen LogP contribution in [0.15, 0.2) is 33.9 Å². The van der Waals surface area contributed by atoms with Gasteiger partial charge in [0.15, 0.2) is 11.7 Å². The number of hydrogen-bond acceptors (Lipinski definition) is 6. The number of thioether (sulfide) groups is 1. The summed E-state index contributed by atoms with van der Waals surface area (Å²) in [4.78, 5) is 30.2. The Bertz CT molecular complexity index is 691. The van der Waals surface area contributed by atoms with Gasteiger partial charge in [0, 0.05) is 13.1 Å². The molecule has 3 rings (SSSR count). The minimum Gasteiger partial charge on any atom is -0.452 e. The smallest absolute Gasteiger partial charge is 0.317 e. The summed E-state index contributed by atoms with van der Waals surface area (Å²) in [6, 6.07) is 7.41. The van der Waals surface area contributed by atoms with Gasteiger partial charge in [-0.15, -0.1) is 0 Å². The second kappa shape index (κ2) is 7.70. The third-order valence-corrected chi connectivity index (χ3v) is 4.71. The number of oxazole rings is 1. The first-order chi connectivity index (χ1) is 11.6. The molecule has 0 bridgehead atoms. The normalized spacial score (nSPS) is 16.1. The SMILES string of the molecule is C[C@H](OC(=O)CSc1nc2ccccc2o1)C(=O)N1CCCCC1. The van der Waals surface area contributed by atoms with Crippen molar-refractivity contribution in [1.29, 1.82) is 0 Å². The standard InChI is InChI=1S/C17H20N2O4S/c1-12(16(21)19-9-5-2-6-10-19)22-15(20)11-24-17-18-13-7-3-4-8-14(13)23-17/h3-4,7-8,12H,2,5-6,9-11H2,1H3/t12-/m0/s1. The number of likely N-dealkylation sites (tertiary alicyclic amines) is 1. The van der Waals surface area contributed by atoms with Crippen molar-refractivity contribution >= 4 is 34.7 Å². The van der Waals surface area contributed by atoms with Crippen molar-refractivity contribution in [3.05, 3.63) is 24.3 Å². The van der Waals surface area contributed by atoms with E-state index in [4.69, 9.17) is 9.15 Å². The number of fused-ring (bicyclic) bond motifs is 1. The molecule has 1 atom stereocenters. The Balaban J connectivity index is 1.48. The summed E-state index contributed by atoms with van der Waals surface area (Å²) in [5, 5.41) is 0.420. The molecule has 0 saturated carbocycles. The molecule has 24 heavy (non-hydrogen) atoms. The molecule has 0 spiro atoms. The maximum atomic E-state index is 12.2. The average molecular weight is 348 g/mol. The first kappa shape index (κ1) is 16.8. The molecule has 6 nitrogen and oxygen atoms in total. The lowest BCUT2D eigenvalue weighted by Crippen LogP contribution is -2.42. The molecular formula is C17H20N2O4S. The lowest BCUT2D eigenvalue weighted by atomic mass is 10.1. The zero-order chi connectivity index (χ0) is 16.9. The van der Waals surface area contributed by atoms with E-state index >= 15 is 0 Å². The number of amides is 1. The molecule has 0 radical (unpaired) electrons. The minimum absolute atomic E-state index is 0.0600. The lowest BCUT2D eigenvalue weighted by molar-refractivity contribution is -0.157. The van der Waals surface area contributed by atoms with Crippen molar-refractivity contribution in [2.75, 3.05) is 18.8 Å². The molecule has 128 valence electrons. The number of carbonyl (C=O) groups excluding carboxylic acids is 2. The number of piperidine rings is 1. The third kappa shape index (κ3) is 4.08. The van der Waals surface area contributed by atoms with Gasteiger partial charge in [-0.05, 0) is 38.3 Å². The lowest BCUT2D eigenvalue weighted by Gasteiger charge is -2.28. The molecule has 1 aliphatic heterocycles. The molecule has 1 aliphatic rings. The van der Waals surface area contributed by atoms with Crippen molar-refractivity contribution < 1.29 is 18.7 Å². The quantitative estimate of drug-likeness (QED) is 0.611. The van der Waals surface area contributed by atoms with Gasteiger partial charge in [-0.3, -0.25) is 9.59 Å². The van der Waals surface area contributed by atoms with Crippen LogP contribution in [-0.2, 0) is 14.3 Å². The van der Waals surface area contributed by atoms with Crippen LogP contribution in [0.5, 0.6) is 0 Å². The van der Waals surface area contributed by atoms with Gasteiger partial charge in [-0.1, -0.05) is 23.9 Å². The summed E-state index contributed by atoms with van der Waals surface area (Å²) >= 11 is 1.17. The predicted molar refractivity (Wildman–Crippen MR) is 90.7 cm³/mol. The van der Waals surface area contributed by atoms with E-state index in [1.165, 1.54) is 11.8 Å². The van der Waals surface area contributed by atoms with Gasteiger partial charge in [0.1, 0.15) is 11.3 Å². The highest BCUT2D eigenvalue weighted by atomic mass is 32.2. The van der Waals surface area contributed by atoms with Crippen LogP contribution in [0.4, 0.5) is 0 Å². The molecule has 0 unspecified atom stereocenters. The first-order valence-corrected chi connectivity index (χ1v) is 9.08. The van der Waals surface area contributed by atoms with Gasteiger partial charge >= 0.3 is 5.97 Å². The van der Waals surface area contributed by atoms with Gasteiger partial charge in [-0.25, -0.2) is 4.98 Å². The Morgan fingerprint density at radius 2 is 2.04 bits per heavy atom. The second-order valence-corrected chi connectivity index (χ2v) is 6.68. The number of hydrogen-bond donors (Lipinski definition) is 0. The summed E-state index contributed by atoms with van der Waals surface area (Å²) in [6.07, 6.45) is 2.43. The van der Waals surface area contributed by atoms with Gasteiger partial charge < -0.3 is 14.1 Å². The maximum absolute atomic E-state index is 12.2. The van der Waals surface area contributed by atoms with E-state index in [1.54, 1.807) is 11.8 Å². The van der Waals surface area contributed by atoms with Gasteiger partial charge in [0.05, 0.1) is 0 Å². The molecule has 2 heterocycles. The molecule has 1 aromatic heterocycles. The number of para-hydroxylation sites is 2. The van der Waals surface area contributed by atoms with Crippen molar-refractivity contribution in [3.63, 3.8) is 0 Å². The van der Waals surface area contributed by atoms with Crippen LogP contribution in [0.1, 0.15) is 26.2 Å². The molecule has 7 heteroatoms. The van der Waals surface area contributed by atoms with Crippen LogP contribution < -0.4 is 0 Å². The summed E-state index contributed by atoms with van der Waals surface area (Å²) < 4.78 is 10.8. The third-order valence-electron chi connectivity index (χ3n) is 3.91. The summed E-state index contributed by atoms with van der Waals surface area (Å²) in [5.74, 6) is -0.500. The molecule has 2 aromatic rings. The van der Waals surface area contributed by atoms with Crippen LogP contribution in [0.25, 0.3) is 11.1 Å². The average Bonchev–Trinajstić information content (AvgIpc) is 3.03. The molecule has 0 aliphatic carbocycles. The van der Waals surface area contributed by atoms with Crippen molar-refractivity contribution in [2.24, 2.45) is 0 Å². The predicted octanol–water partition coefficient (Wildman–Crippen LogP) is 2.86. The van der Waals surface area contributed by atoms with E-state index in [-0.39, 0.29) is 11.7 Å². The Kier molecular flexibility index (Phi) is 5.40. The Hall–Kier alpha value is -2.02. The summed E-state index contributed by atoms with van der Waals surface area (Å²) in [7, 11) is 0. The Labute approximate surface area is 144 Å². The molecule has 1 aromatic carbocycles. The van der Waals surface area contributed by atoms with E-state index in [0.717, 1.165) is 37.9 Å². The molecule has 1 saturated heterocycles. The number of carbonyl (C=O) groups is 2. The number of rotatable bonds is 5. The van der Waals surface area contributed by atoms with Crippen LogP contribution >= 0.6 is 11.8 Å². The van der Waals surface area contributed by atoms with E-state index in [2.05, 4.69) is 4.98 Å². The monoisotopic (exact) mass is 348 g/mol. The highest BCUT2D eigenvalue weighted by Crippen LogP contribution is 2.23. The van der Waals surface area contributed by atoms with Crippen molar-refractivity contribution in [1.82, 2.24) is 9.88 Å². The van der Waals surface area contributed by atoms with Gasteiger partial charge in [-0.2, -0.15) is 0 Å². The van der Waals surface area contributed by atoms with Crippen molar-refractivity contribution in [3.8, 4) is 0 Å². The fraction of sp³-hybridized carbons (Fsp3) is 0.471. The zero-order valence-electron chi connectivity index (χ0n) is 13.6. The number of aromatic nitrogens is 1. The fourth-order valence-corrected chi connectivity index (χ4v) is 3.31. The Morgan fingerprint density at radius 3 is 2.79 bits per heavy atom. The van der Waals surface area contributed by atoms with Gasteiger partial charge in [0.25, 0.3) is 11.1 Å². The molecule has 1 fully saturated rings.